The molecule has 1 aliphatic rings. The average Bonchev–Trinajstić information content (AvgIpc) is 2.63. The molecule has 0 atom stereocenters. The molecule has 2 heterocycles. The minimum Gasteiger partial charge on any atom is -0.506 e. The van der Waals surface area contributed by atoms with Crippen LogP contribution in [0.25, 0.3) is 0 Å². The SMILES string of the molecule is CCOC(=O)c1ccc(N2CCN(c3ccccc3O)CC2)nc1. The molecule has 1 saturated heterocycles. The molecule has 0 saturated carbocycles. The van der Waals surface area contributed by atoms with E-state index in [9.17, 15) is 9.90 Å². The van der Waals surface area contributed by atoms with Crippen LogP contribution >= 0.6 is 0 Å². The van der Waals surface area contributed by atoms with Gasteiger partial charge in [-0.15, -0.1) is 0 Å². The number of hydrogen-bond donors (Lipinski definition) is 1. The standard InChI is InChI=1S/C18H21N3O3/c1-2-24-18(23)14-7-8-17(19-13-14)21-11-9-20(10-12-21)15-5-3-4-6-16(15)22/h3-8,13,22H,2,9-12H2,1H3. The number of phenols is 1. The maximum atomic E-state index is 11.7. The minimum atomic E-state index is -0.346. The minimum absolute atomic E-state index is 0.308. The molecule has 6 heteroatoms. The summed E-state index contributed by atoms with van der Waals surface area (Å²) in [6.45, 7) is 5.36. The summed E-state index contributed by atoms with van der Waals surface area (Å²) in [5, 5.41) is 9.96. The lowest BCUT2D eigenvalue weighted by atomic mass is 10.2. The summed E-state index contributed by atoms with van der Waals surface area (Å²) in [5.74, 6) is 0.809. The first-order valence-corrected chi connectivity index (χ1v) is 8.10. The molecule has 1 aliphatic heterocycles. The largest absolute Gasteiger partial charge is 0.506 e. The zero-order valence-electron chi connectivity index (χ0n) is 13.7. The molecule has 1 aromatic carbocycles. The van der Waals surface area contributed by atoms with Gasteiger partial charge in [-0.2, -0.15) is 0 Å². The van der Waals surface area contributed by atoms with Crippen molar-refractivity contribution in [2.24, 2.45) is 0 Å². The normalized spacial score (nSPS) is 14.5. The van der Waals surface area contributed by atoms with Crippen molar-refractivity contribution in [3.63, 3.8) is 0 Å². The van der Waals surface area contributed by atoms with Crippen molar-refractivity contribution in [2.45, 2.75) is 6.92 Å². The van der Waals surface area contributed by atoms with Crippen LogP contribution in [0, 0.1) is 0 Å². The fourth-order valence-corrected chi connectivity index (χ4v) is 2.82. The van der Waals surface area contributed by atoms with Crippen LogP contribution in [-0.4, -0.2) is 48.8 Å². The molecule has 1 fully saturated rings. The van der Waals surface area contributed by atoms with Gasteiger partial charge in [0, 0.05) is 32.4 Å². The van der Waals surface area contributed by atoms with E-state index in [1.54, 1.807) is 25.3 Å². The molecule has 6 nitrogen and oxygen atoms in total. The molecule has 126 valence electrons. The van der Waals surface area contributed by atoms with Gasteiger partial charge in [-0.25, -0.2) is 9.78 Å². The van der Waals surface area contributed by atoms with Crippen LogP contribution in [0.5, 0.6) is 5.75 Å². The van der Waals surface area contributed by atoms with Crippen LogP contribution in [0.1, 0.15) is 17.3 Å². The molecule has 0 bridgehead atoms. The number of aromatic nitrogens is 1. The number of pyridine rings is 1. The number of para-hydroxylation sites is 2. The molecule has 1 aromatic heterocycles. The Bertz CT molecular complexity index is 695. The number of anilines is 2. The Hall–Kier alpha value is -2.76. The Morgan fingerprint density at radius 3 is 2.46 bits per heavy atom. The van der Waals surface area contributed by atoms with E-state index in [2.05, 4.69) is 14.8 Å². The quantitative estimate of drug-likeness (QED) is 0.869. The van der Waals surface area contributed by atoms with Crippen LogP contribution in [0.4, 0.5) is 11.5 Å². The van der Waals surface area contributed by atoms with Gasteiger partial charge in [-0.05, 0) is 31.2 Å². The first kappa shape index (κ1) is 16.1. The number of piperazine rings is 1. The number of phenolic OH excluding ortho intramolecular Hbond substituents is 1. The number of ether oxygens (including phenoxy) is 1. The predicted octanol–water partition coefficient (Wildman–Crippen LogP) is 2.29. The molecule has 0 spiro atoms. The van der Waals surface area contributed by atoms with E-state index >= 15 is 0 Å². The summed E-state index contributed by atoms with van der Waals surface area (Å²) in [7, 11) is 0. The first-order valence-electron chi connectivity index (χ1n) is 8.10. The fourth-order valence-electron chi connectivity index (χ4n) is 2.82. The number of carbonyl (C=O) groups excluding carboxylic acids is 1. The van der Waals surface area contributed by atoms with E-state index in [0.717, 1.165) is 37.7 Å². The molecule has 2 aromatic rings. The maximum absolute atomic E-state index is 11.7. The van der Waals surface area contributed by atoms with Crippen molar-refractivity contribution in [3.8, 4) is 5.75 Å². The molecule has 0 aliphatic carbocycles. The number of carbonyl (C=O) groups is 1. The van der Waals surface area contributed by atoms with E-state index in [0.29, 0.717) is 17.9 Å². The Labute approximate surface area is 141 Å². The Morgan fingerprint density at radius 2 is 1.83 bits per heavy atom. The zero-order valence-corrected chi connectivity index (χ0v) is 13.7. The maximum Gasteiger partial charge on any atom is 0.339 e. The monoisotopic (exact) mass is 327 g/mol. The van der Waals surface area contributed by atoms with Crippen LogP contribution in [0.15, 0.2) is 42.6 Å². The third-order valence-corrected chi connectivity index (χ3v) is 4.09. The van der Waals surface area contributed by atoms with E-state index in [-0.39, 0.29) is 5.97 Å². The lowest BCUT2D eigenvalue weighted by molar-refractivity contribution is 0.0526. The van der Waals surface area contributed by atoms with Gasteiger partial charge in [0.1, 0.15) is 11.6 Å². The second-order valence-corrected chi connectivity index (χ2v) is 5.59. The number of benzene rings is 1. The zero-order chi connectivity index (χ0) is 16.9. The third-order valence-electron chi connectivity index (χ3n) is 4.09. The van der Waals surface area contributed by atoms with E-state index in [4.69, 9.17) is 4.74 Å². The average molecular weight is 327 g/mol. The molecule has 24 heavy (non-hydrogen) atoms. The molecule has 0 amide bonds. The van der Waals surface area contributed by atoms with Gasteiger partial charge in [-0.3, -0.25) is 0 Å². The molecule has 3 rings (SSSR count). The Kier molecular flexibility index (Phi) is 4.84. The van der Waals surface area contributed by atoms with Crippen LogP contribution in [0.3, 0.4) is 0 Å². The second-order valence-electron chi connectivity index (χ2n) is 5.59. The van der Waals surface area contributed by atoms with Crippen LogP contribution in [-0.2, 0) is 4.74 Å². The molecular formula is C18H21N3O3. The number of esters is 1. The van der Waals surface area contributed by atoms with Gasteiger partial charge in [0.25, 0.3) is 0 Å². The second kappa shape index (κ2) is 7.21. The Morgan fingerprint density at radius 1 is 1.12 bits per heavy atom. The van der Waals surface area contributed by atoms with E-state index in [1.165, 1.54) is 0 Å². The van der Waals surface area contributed by atoms with Crippen molar-refractivity contribution >= 4 is 17.5 Å². The van der Waals surface area contributed by atoms with Crippen LogP contribution < -0.4 is 9.80 Å². The highest BCUT2D eigenvalue weighted by Gasteiger charge is 2.20. The van der Waals surface area contributed by atoms with Gasteiger partial charge in [-0.1, -0.05) is 12.1 Å². The smallest absolute Gasteiger partial charge is 0.339 e. The molecular weight excluding hydrogens is 306 g/mol. The van der Waals surface area contributed by atoms with Crippen molar-refractivity contribution in [1.29, 1.82) is 0 Å². The fraction of sp³-hybridized carbons (Fsp3) is 0.333. The summed E-state index contributed by atoms with van der Waals surface area (Å²) < 4.78 is 4.96. The van der Waals surface area contributed by atoms with Crippen molar-refractivity contribution in [2.75, 3.05) is 42.6 Å². The number of nitrogens with zero attached hydrogens (tertiary/aromatic N) is 3. The summed E-state index contributed by atoms with van der Waals surface area (Å²) in [6, 6.07) is 11.0. The van der Waals surface area contributed by atoms with Gasteiger partial charge >= 0.3 is 5.97 Å². The lowest BCUT2D eigenvalue weighted by Gasteiger charge is -2.36. The molecule has 1 N–H and O–H groups in total. The molecule has 0 unspecified atom stereocenters. The first-order chi connectivity index (χ1) is 11.7. The van der Waals surface area contributed by atoms with E-state index < -0.39 is 0 Å². The lowest BCUT2D eigenvalue weighted by Crippen LogP contribution is -2.46. The highest BCUT2D eigenvalue weighted by Crippen LogP contribution is 2.27. The van der Waals surface area contributed by atoms with Gasteiger partial charge < -0.3 is 19.6 Å². The van der Waals surface area contributed by atoms with Crippen molar-refractivity contribution in [3.05, 3.63) is 48.2 Å². The van der Waals surface area contributed by atoms with Crippen molar-refractivity contribution in [1.82, 2.24) is 4.98 Å². The van der Waals surface area contributed by atoms with Gasteiger partial charge in [0.15, 0.2) is 0 Å². The molecule has 0 radical (unpaired) electrons. The number of aromatic hydroxyl groups is 1. The summed E-state index contributed by atoms with van der Waals surface area (Å²) in [6.07, 6.45) is 1.56. The number of hydrogen-bond acceptors (Lipinski definition) is 6. The highest BCUT2D eigenvalue weighted by molar-refractivity contribution is 5.89. The van der Waals surface area contributed by atoms with Gasteiger partial charge in [0.2, 0.25) is 0 Å². The van der Waals surface area contributed by atoms with Crippen LogP contribution in [0.2, 0.25) is 0 Å². The van der Waals surface area contributed by atoms with Crippen molar-refractivity contribution < 1.29 is 14.6 Å². The topological polar surface area (TPSA) is 65.9 Å². The predicted molar refractivity (Wildman–Crippen MR) is 92.7 cm³/mol. The number of rotatable bonds is 4. The summed E-state index contributed by atoms with van der Waals surface area (Å²) in [4.78, 5) is 20.4. The van der Waals surface area contributed by atoms with Gasteiger partial charge in [0.05, 0.1) is 17.9 Å². The summed E-state index contributed by atoms with van der Waals surface area (Å²) in [5.41, 5.74) is 1.33. The van der Waals surface area contributed by atoms with E-state index in [1.807, 2.05) is 24.3 Å². The summed E-state index contributed by atoms with van der Waals surface area (Å²) >= 11 is 0. The third kappa shape index (κ3) is 3.42. The Balaban J connectivity index is 1.62. The highest BCUT2D eigenvalue weighted by atomic mass is 16.5.